The van der Waals surface area contributed by atoms with Crippen molar-refractivity contribution < 1.29 is 14.6 Å². The first-order valence-electron chi connectivity index (χ1n) is 5.57. The van der Waals surface area contributed by atoms with E-state index in [1.54, 1.807) is 0 Å². The van der Waals surface area contributed by atoms with Crippen LogP contribution >= 0.6 is 0 Å². The molecule has 1 atom stereocenters. The van der Waals surface area contributed by atoms with Crippen molar-refractivity contribution in [2.24, 2.45) is 5.92 Å². The maximum Gasteiger partial charge on any atom is 0.169 e. The Bertz CT molecular complexity index is 213. The zero-order valence-electron chi connectivity index (χ0n) is 8.50. The summed E-state index contributed by atoms with van der Waals surface area (Å²) in [5.41, 5.74) is -1.01. The molecule has 1 aliphatic carbocycles. The van der Waals surface area contributed by atoms with Crippen LogP contribution in [0.1, 0.15) is 38.5 Å². The second kappa shape index (κ2) is 3.99. The van der Waals surface area contributed by atoms with Gasteiger partial charge in [0.2, 0.25) is 0 Å². The summed E-state index contributed by atoms with van der Waals surface area (Å²) in [6.07, 6.45) is 5.12. The van der Waals surface area contributed by atoms with Crippen molar-refractivity contribution in [3.8, 4) is 0 Å². The maximum absolute atomic E-state index is 12.0. The van der Waals surface area contributed by atoms with Gasteiger partial charge in [-0.2, -0.15) is 0 Å². The van der Waals surface area contributed by atoms with E-state index in [2.05, 4.69) is 0 Å². The highest BCUT2D eigenvalue weighted by atomic mass is 16.5. The lowest BCUT2D eigenvalue weighted by Crippen LogP contribution is -2.42. The number of ketones is 1. The van der Waals surface area contributed by atoms with Crippen LogP contribution in [0, 0.1) is 5.92 Å². The summed E-state index contributed by atoms with van der Waals surface area (Å²) >= 11 is 0. The first-order chi connectivity index (χ1) is 6.72. The average Bonchev–Trinajstić information content (AvgIpc) is 2.67. The van der Waals surface area contributed by atoms with Crippen LogP contribution in [0.15, 0.2) is 0 Å². The van der Waals surface area contributed by atoms with E-state index in [0.717, 1.165) is 32.3 Å². The molecule has 0 aromatic heterocycles. The van der Waals surface area contributed by atoms with Gasteiger partial charge in [0.05, 0.1) is 6.61 Å². The SMILES string of the molecule is O=C(C1CCCOC1)C1(O)CCCC1. The smallest absolute Gasteiger partial charge is 0.169 e. The zero-order chi connectivity index (χ0) is 10.0. The summed E-state index contributed by atoms with van der Waals surface area (Å²) in [7, 11) is 0. The first-order valence-corrected chi connectivity index (χ1v) is 5.57. The maximum atomic E-state index is 12.0. The molecule has 1 unspecified atom stereocenters. The summed E-state index contributed by atoms with van der Waals surface area (Å²) < 4.78 is 5.28. The molecule has 3 nitrogen and oxygen atoms in total. The Labute approximate surface area is 84.4 Å². The fourth-order valence-corrected chi connectivity index (χ4v) is 2.53. The third-order valence-corrected chi connectivity index (χ3v) is 3.42. The quantitative estimate of drug-likeness (QED) is 0.727. The van der Waals surface area contributed by atoms with Crippen molar-refractivity contribution >= 4 is 5.78 Å². The molecule has 1 aliphatic heterocycles. The van der Waals surface area contributed by atoms with Crippen LogP contribution in [0.3, 0.4) is 0 Å². The molecule has 2 aliphatic rings. The lowest BCUT2D eigenvalue weighted by molar-refractivity contribution is -0.145. The molecule has 0 bridgehead atoms. The van der Waals surface area contributed by atoms with Crippen LogP contribution in [0.2, 0.25) is 0 Å². The van der Waals surface area contributed by atoms with Gasteiger partial charge in [0.15, 0.2) is 5.78 Å². The Balaban J connectivity index is 1.98. The van der Waals surface area contributed by atoms with Crippen molar-refractivity contribution in [1.29, 1.82) is 0 Å². The Hall–Kier alpha value is -0.410. The molecule has 2 fully saturated rings. The fourth-order valence-electron chi connectivity index (χ4n) is 2.53. The van der Waals surface area contributed by atoms with E-state index >= 15 is 0 Å². The van der Waals surface area contributed by atoms with E-state index in [1.807, 2.05) is 0 Å². The van der Waals surface area contributed by atoms with Gasteiger partial charge in [0.25, 0.3) is 0 Å². The molecule has 0 spiro atoms. The molecule has 1 heterocycles. The van der Waals surface area contributed by atoms with E-state index in [9.17, 15) is 9.90 Å². The molecular formula is C11H18O3. The number of hydrogen-bond donors (Lipinski definition) is 1. The third kappa shape index (κ3) is 1.84. The van der Waals surface area contributed by atoms with E-state index in [-0.39, 0.29) is 11.7 Å². The predicted molar refractivity (Wildman–Crippen MR) is 52.0 cm³/mol. The Morgan fingerprint density at radius 2 is 2.00 bits per heavy atom. The van der Waals surface area contributed by atoms with Gasteiger partial charge in [-0.05, 0) is 38.5 Å². The van der Waals surface area contributed by atoms with Gasteiger partial charge in [0.1, 0.15) is 5.60 Å². The first kappa shape index (κ1) is 10.1. The zero-order valence-corrected chi connectivity index (χ0v) is 8.50. The van der Waals surface area contributed by atoms with E-state index in [4.69, 9.17) is 4.74 Å². The van der Waals surface area contributed by atoms with Crippen LogP contribution < -0.4 is 0 Å². The topological polar surface area (TPSA) is 46.5 Å². The number of ether oxygens (including phenoxy) is 1. The molecule has 0 aromatic rings. The highest BCUT2D eigenvalue weighted by molar-refractivity contribution is 5.89. The Kier molecular flexibility index (Phi) is 2.88. The molecule has 1 saturated carbocycles. The highest BCUT2D eigenvalue weighted by Gasteiger charge is 2.42. The predicted octanol–water partition coefficient (Wildman–Crippen LogP) is 1.29. The van der Waals surface area contributed by atoms with Crippen LogP contribution in [-0.2, 0) is 9.53 Å². The molecule has 14 heavy (non-hydrogen) atoms. The van der Waals surface area contributed by atoms with Crippen molar-refractivity contribution in [1.82, 2.24) is 0 Å². The normalized spacial score (nSPS) is 31.6. The molecule has 1 N–H and O–H groups in total. The summed E-state index contributed by atoms with van der Waals surface area (Å²) in [5, 5.41) is 10.1. The fraction of sp³-hybridized carbons (Fsp3) is 0.909. The molecule has 1 saturated heterocycles. The van der Waals surface area contributed by atoms with Crippen LogP contribution in [0.25, 0.3) is 0 Å². The van der Waals surface area contributed by atoms with Crippen LogP contribution in [0.4, 0.5) is 0 Å². The minimum atomic E-state index is -1.01. The molecular weight excluding hydrogens is 180 g/mol. The van der Waals surface area contributed by atoms with Gasteiger partial charge in [-0.25, -0.2) is 0 Å². The largest absolute Gasteiger partial charge is 0.382 e. The molecule has 0 radical (unpaired) electrons. The van der Waals surface area contributed by atoms with Gasteiger partial charge in [-0.15, -0.1) is 0 Å². The summed E-state index contributed by atoms with van der Waals surface area (Å²) in [4.78, 5) is 12.0. The van der Waals surface area contributed by atoms with Gasteiger partial charge in [0, 0.05) is 12.5 Å². The summed E-state index contributed by atoms with van der Waals surface area (Å²) in [6.45, 7) is 1.28. The molecule has 2 rings (SSSR count). The second-order valence-electron chi connectivity index (χ2n) is 4.52. The lowest BCUT2D eigenvalue weighted by Gasteiger charge is -2.28. The lowest BCUT2D eigenvalue weighted by atomic mass is 9.84. The van der Waals surface area contributed by atoms with Crippen LogP contribution in [-0.4, -0.2) is 29.7 Å². The molecule has 0 amide bonds. The van der Waals surface area contributed by atoms with Crippen molar-refractivity contribution in [2.75, 3.05) is 13.2 Å². The Morgan fingerprint density at radius 3 is 2.57 bits per heavy atom. The summed E-state index contributed by atoms with van der Waals surface area (Å²) in [5.74, 6) is -0.0125. The number of hydrogen-bond acceptors (Lipinski definition) is 3. The number of carbonyl (C=O) groups excluding carboxylic acids is 1. The molecule has 0 aromatic carbocycles. The monoisotopic (exact) mass is 198 g/mol. The second-order valence-corrected chi connectivity index (χ2v) is 4.52. The number of Topliss-reactive ketones (excluding diaryl/α,β-unsaturated/α-hetero) is 1. The van der Waals surface area contributed by atoms with Crippen LogP contribution in [0.5, 0.6) is 0 Å². The standard InChI is InChI=1S/C11H18O3/c12-10(9-4-3-7-14-8-9)11(13)5-1-2-6-11/h9,13H,1-8H2. The summed E-state index contributed by atoms with van der Waals surface area (Å²) in [6, 6.07) is 0. The van der Waals surface area contributed by atoms with Gasteiger partial charge in [-0.1, -0.05) is 0 Å². The van der Waals surface area contributed by atoms with Gasteiger partial charge < -0.3 is 9.84 Å². The van der Waals surface area contributed by atoms with Crippen molar-refractivity contribution in [3.05, 3.63) is 0 Å². The van der Waals surface area contributed by atoms with E-state index in [0.29, 0.717) is 19.4 Å². The van der Waals surface area contributed by atoms with Crippen molar-refractivity contribution in [3.63, 3.8) is 0 Å². The van der Waals surface area contributed by atoms with E-state index in [1.165, 1.54) is 0 Å². The third-order valence-electron chi connectivity index (χ3n) is 3.42. The minimum absolute atomic E-state index is 0.0368. The van der Waals surface area contributed by atoms with Gasteiger partial charge >= 0.3 is 0 Å². The number of carbonyl (C=O) groups is 1. The molecule has 80 valence electrons. The number of aliphatic hydroxyl groups is 1. The molecule has 3 heteroatoms. The van der Waals surface area contributed by atoms with E-state index < -0.39 is 5.60 Å². The minimum Gasteiger partial charge on any atom is -0.382 e. The van der Waals surface area contributed by atoms with Crippen molar-refractivity contribution in [2.45, 2.75) is 44.1 Å². The highest BCUT2D eigenvalue weighted by Crippen LogP contribution is 2.34. The Morgan fingerprint density at radius 1 is 1.29 bits per heavy atom. The van der Waals surface area contributed by atoms with Gasteiger partial charge in [-0.3, -0.25) is 4.79 Å². The average molecular weight is 198 g/mol. The number of rotatable bonds is 2.